The molecule has 3 rings (SSSR count). The average molecular weight is 547 g/mol. The van der Waals surface area contributed by atoms with Gasteiger partial charge in [-0.2, -0.15) is 0 Å². The molecule has 1 amide bonds. The van der Waals surface area contributed by atoms with Crippen molar-refractivity contribution in [1.82, 2.24) is 10.3 Å². The molecule has 0 aliphatic carbocycles. The summed E-state index contributed by atoms with van der Waals surface area (Å²) in [7, 11) is 0. The van der Waals surface area contributed by atoms with Gasteiger partial charge in [0.1, 0.15) is 5.78 Å². The Morgan fingerprint density at radius 1 is 1.29 bits per heavy atom. The maximum Gasteiger partial charge on any atom is 0.223 e. The van der Waals surface area contributed by atoms with Gasteiger partial charge in [-0.15, -0.1) is 6.58 Å². The third-order valence-corrected chi connectivity index (χ3v) is 8.69. The second-order valence-corrected chi connectivity index (χ2v) is 12.1. The van der Waals surface area contributed by atoms with Crippen molar-refractivity contribution in [3.05, 3.63) is 47.8 Å². The summed E-state index contributed by atoms with van der Waals surface area (Å²) in [6.07, 6.45) is 6.54. The van der Waals surface area contributed by atoms with Crippen LogP contribution in [0.5, 0.6) is 0 Å². The number of hydrogen-bond acceptors (Lipinski definition) is 6. The monoisotopic (exact) mass is 546 g/mol. The summed E-state index contributed by atoms with van der Waals surface area (Å²) in [5.41, 5.74) is -0.905. The zero-order valence-corrected chi connectivity index (χ0v) is 23.8. The third-order valence-electron chi connectivity index (χ3n) is 8.32. The van der Waals surface area contributed by atoms with Gasteiger partial charge in [0.05, 0.1) is 47.5 Å². The number of nitrogens with zero attached hydrogens (tertiary/aromatic N) is 1. The summed E-state index contributed by atoms with van der Waals surface area (Å²) >= 11 is 6.70. The van der Waals surface area contributed by atoms with Crippen molar-refractivity contribution in [2.45, 2.75) is 103 Å². The number of nitrogens with one attached hydrogen (secondary N) is 1. The first kappa shape index (κ1) is 30.5. The van der Waals surface area contributed by atoms with Crippen LogP contribution in [0.15, 0.2) is 42.1 Å². The van der Waals surface area contributed by atoms with Crippen LogP contribution >= 0.6 is 11.6 Å². The molecule has 0 aromatic carbocycles. The maximum absolute atomic E-state index is 13.7. The van der Waals surface area contributed by atoms with E-state index in [1.807, 2.05) is 25.1 Å². The first-order chi connectivity index (χ1) is 17.9. The Balaban J connectivity index is 1.88. The lowest BCUT2D eigenvalue weighted by Crippen LogP contribution is -2.48. The average Bonchev–Trinajstić information content (AvgIpc) is 3.51. The Morgan fingerprint density at radius 3 is 2.68 bits per heavy atom. The number of carbonyl (C=O) groups excluding carboxylic acids is 2. The fourth-order valence-corrected chi connectivity index (χ4v) is 5.64. The van der Waals surface area contributed by atoms with Crippen LogP contribution < -0.4 is 5.32 Å². The maximum atomic E-state index is 13.7. The van der Waals surface area contributed by atoms with Gasteiger partial charge >= 0.3 is 0 Å². The summed E-state index contributed by atoms with van der Waals surface area (Å²) in [6.45, 7) is 11.1. The van der Waals surface area contributed by atoms with Crippen molar-refractivity contribution in [3.63, 3.8) is 0 Å². The highest BCUT2D eigenvalue weighted by molar-refractivity contribution is 6.32. The number of amides is 1. The van der Waals surface area contributed by atoms with Crippen LogP contribution in [0, 0.1) is 17.3 Å². The van der Waals surface area contributed by atoms with Crippen molar-refractivity contribution in [1.29, 1.82) is 0 Å². The largest absolute Gasteiger partial charge is 0.392 e. The molecule has 2 aliphatic rings. The molecule has 210 valence electrons. The van der Waals surface area contributed by atoms with E-state index >= 15 is 0 Å². The molecular weight excluding hydrogens is 504 g/mol. The van der Waals surface area contributed by atoms with Gasteiger partial charge in [-0.05, 0) is 56.7 Å². The first-order valence-electron chi connectivity index (χ1n) is 13.7. The van der Waals surface area contributed by atoms with Crippen LogP contribution in [-0.2, 0) is 14.3 Å². The van der Waals surface area contributed by atoms with Gasteiger partial charge < -0.3 is 20.3 Å². The number of epoxide rings is 1. The number of fused-ring (bicyclic) bond motifs is 1. The highest BCUT2D eigenvalue weighted by Gasteiger charge is 2.52. The van der Waals surface area contributed by atoms with Crippen LogP contribution in [0.2, 0.25) is 0 Å². The lowest BCUT2D eigenvalue weighted by Gasteiger charge is -2.36. The summed E-state index contributed by atoms with van der Waals surface area (Å²) in [5, 5.41) is 25.7. The number of allylic oxidation sites excluding steroid dienone is 1. The smallest absolute Gasteiger partial charge is 0.223 e. The van der Waals surface area contributed by atoms with Gasteiger partial charge in [0.2, 0.25) is 5.91 Å². The zero-order valence-electron chi connectivity index (χ0n) is 23.0. The molecule has 7 nitrogen and oxygen atoms in total. The number of pyridine rings is 1. The van der Waals surface area contributed by atoms with Crippen molar-refractivity contribution in [2.75, 3.05) is 0 Å². The Labute approximate surface area is 231 Å². The quantitative estimate of drug-likeness (QED) is 0.361. The van der Waals surface area contributed by atoms with E-state index in [1.54, 1.807) is 32.2 Å². The van der Waals surface area contributed by atoms with Gasteiger partial charge in [0, 0.05) is 23.6 Å². The van der Waals surface area contributed by atoms with Gasteiger partial charge in [-0.3, -0.25) is 14.6 Å². The number of carbonyl (C=O) groups is 2. The predicted octanol–water partition coefficient (Wildman–Crippen LogP) is 4.80. The van der Waals surface area contributed by atoms with Gasteiger partial charge in [-0.25, -0.2) is 0 Å². The molecule has 7 atom stereocenters. The van der Waals surface area contributed by atoms with Gasteiger partial charge in [0.15, 0.2) is 0 Å². The minimum absolute atomic E-state index is 0.0879. The Bertz CT molecular complexity index is 1010. The molecule has 2 fully saturated rings. The number of aromatic nitrogens is 1. The normalized spacial score (nSPS) is 35.2. The number of ketones is 1. The number of hydrogen-bond donors (Lipinski definition) is 3. The van der Waals surface area contributed by atoms with Crippen LogP contribution in [0.25, 0.3) is 6.08 Å². The number of ether oxygens (including phenoxy) is 1. The van der Waals surface area contributed by atoms with Crippen molar-refractivity contribution >= 4 is 29.4 Å². The fraction of sp³-hybridized carbons (Fsp3) is 0.633. The molecular formula is C30H43ClN2O5. The second-order valence-electron chi connectivity index (χ2n) is 11.7. The summed E-state index contributed by atoms with van der Waals surface area (Å²) < 4.78 is 6.07. The standard InChI is InChI=1S/C30H43ClN2O5/c1-6-7-13-21-27(36)19(2)11-10-14-30(5)25(38-30)17-23(22(31)16-20-12-8-9-15-32-20)33-26(35)18-24(34)29(3,4)28(21)37/h6,8-9,12,15-16,19,21,23-25,27,34,36H,1,7,10-11,13-14,17-18H2,2-5H3,(H,33,35). The third kappa shape index (κ3) is 7.53. The van der Waals surface area contributed by atoms with E-state index in [9.17, 15) is 19.8 Å². The van der Waals surface area contributed by atoms with E-state index < -0.39 is 35.5 Å². The molecule has 2 saturated heterocycles. The van der Waals surface area contributed by atoms with Gasteiger partial charge in [0.25, 0.3) is 0 Å². The van der Waals surface area contributed by atoms with Crippen molar-refractivity contribution in [3.8, 4) is 0 Å². The molecule has 2 aliphatic heterocycles. The first-order valence-corrected chi connectivity index (χ1v) is 14.0. The summed E-state index contributed by atoms with van der Waals surface area (Å²) in [5.74, 6) is -1.43. The van der Waals surface area contributed by atoms with E-state index in [-0.39, 0.29) is 29.8 Å². The Hall–Kier alpha value is -2.06. The summed E-state index contributed by atoms with van der Waals surface area (Å²) in [4.78, 5) is 31.1. The van der Waals surface area contributed by atoms with E-state index in [0.29, 0.717) is 30.0 Å². The highest BCUT2D eigenvalue weighted by Crippen LogP contribution is 2.45. The molecule has 8 heteroatoms. The molecule has 3 heterocycles. The highest BCUT2D eigenvalue weighted by atomic mass is 35.5. The predicted molar refractivity (Wildman–Crippen MR) is 149 cm³/mol. The molecule has 0 saturated carbocycles. The molecule has 38 heavy (non-hydrogen) atoms. The molecule has 3 N–H and O–H groups in total. The number of aliphatic hydroxyl groups excluding tert-OH is 2. The molecule has 1 aromatic heterocycles. The molecule has 0 spiro atoms. The van der Waals surface area contributed by atoms with Crippen LogP contribution in [-0.4, -0.2) is 56.8 Å². The molecule has 7 unspecified atom stereocenters. The number of Topliss-reactive ketones (excluding diaryl/α,β-unsaturated/α-hetero) is 1. The minimum Gasteiger partial charge on any atom is -0.392 e. The van der Waals surface area contributed by atoms with E-state index in [2.05, 4.69) is 23.8 Å². The SMILES string of the molecule is C=CCCC1C(=O)C(C)(C)C(O)CC(=O)NC(C(Cl)=Cc2ccccn2)CC2OC2(C)CCCC(C)C1O. The molecule has 0 radical (unpaired) electrons. The summed E-state index contributed by atoms with van der Waals surface area (Å²) in [6, 6.07) is 4.97. The van der Waals surface area contributed by atoms with Crippen LogP contribution in [0.3, 0.4) is 0 Å². The second kappa shape index (κ2) is 12.9. The van der Waals surface area contributed by atoms with Crippen LogP contribution in [0.1, 0.15) is 78.3 Å². The Morgan fingerprint density at radius 2 is 2.03 bits per heavy atom. The van der Waals surface area contributed by atoms with E-state index in [4.69, 9.17) is 16.3 Å². The Kier molecular flexibility index (Phi) is 10.3. The number of rotatable bonds is 5. The fourth-order valence-electron chi connectivity index (χ4n) is 5.39. The van der Waals surface area contributed by atoms with Crippen molar-refractivity contribution in [2.24, 2.45) is 17.3 Å². The lowest BCUT2D eigenvalue weighted by atomic mass is 9.71. The van der Waals surface area contributed by atoms with E-state index in [0.717, 1.165) is 19.3 Å². The molecule has 1 aromatic rings. The zero-order chi connectivity index (χ0) is 28.1. The van der Waals surface area contributed by atoms with Crippen LogP contribution in [0.4, 0.5) is 0 Å². The molecule has 0 bridgehead atoms. The van der Waals surface area contributed by atoms with E-state index in [1.165, 1.54) is 0 Å². The topological polar surface area (TPSA) is 112 Å². The number of aliphatic hydroxyl groups is 2. The van der Waals surface area contributed by atoms with Gasteiger partial charge in [-0.1, -0.05) is 50.9 Å². The minimum atomic E-state index is -1.24. The lowest BCUT2D eigenvalue weighted by molar-refractivity contribution is -0.144. The number of halogens is 1. The van der Waals surface area contributed by atoms with Crippen molar-refractivity contribution < 1.29 is 24.5 Å².